The van der Waals surface area contributed by atoms with Gasteiger partial charge in [0.1, 0.15) is 0 Å². The Balaban J connectivity index is 2.70. The van der Waals surface area contributed by atoms with Crippen molar-refractivity contribution in [1.29, 1.82) is 0 Å². The number of rotatable bonds is 8. The van der Waals surface area contributed by atoms with Gasteiger partial charge in [0, 0.05) is 39.0 Å². The molecule has 2 N–H and O–H groups in total. The summed E-state index contributed by atoms with van der Waals surface area (Å²) in [6.45, 7) is 5.12. The summed E-state index contributed by atoms with van der Waals surface area (Å²) in [4.78, 5) is 2.25. The molecule has 102 valence electrons. The highest BCUT2D eigenvalue weighted by Gasteiger charge is 2.07. The molecule has 1 aromatic rings. The first kappa shape index (κ1) is 15.0. The summed E-state index contributed by atoms with van der Waals surface area (Å²) in [6.07, 6.45) is 0. The van der Waals surface area contributed by atoms with E-state index >= 15 is 0 Å². The number of nitrogens with zero attached hydrogens (tertiary/aromatic N) is 1. The molecule has 0 saturated carbocycles. The second-order valence-corrected chi connectivity index (χ2v) is 4.35. The third-order valence-corrected chi connectivity index (χ3v) is 2.91. The van der Waals surface area contributed by atoms with E-state index in [4.69, 9.17) is 15.2 Å². The van der Waals surface area contributed by atoms with Crippen LogP contribution in [0, 0.1) is 0 Å². The van der Waals surface area contributed by atoms with Gasteiger partial charge in [-0.25, -0.2) is 0 Å². The molecular weight excluding hydrogens is 228 g/mol. The Bertz CT molecular complexity index is 317. The van der Waals surface area contributed by atoms with E-state index in [2.05, 4.69) is 29.2 Å². The van der Waals surface area contributed by atoms with Crippen molar-refractivity contribution < 1.29 is 9.47 Å². The molecule has 0 unspecified atom stereocenters. The maximum atomic E-state index is 5.85. The van der Waals surface area contributed by atoms with Crippen molar-refractivity contribution in [3.63, 3.8) is 0 Å². The van der Waals surface area contributed by atoms with E-state index in [-0.39, 0.29) is 6.04 Å². The second kappa shape index (κ2) is 8.08. The van der Waals surface area contributed by atoms with Crippen molar-refractivity contribution in [3.8, 4) is 0 Å². The molecule has 1 aromatic carbocycles. The van der Waals surface area contributed by atoms with Gasteiger partial charge in [0.25, 0.3) is 0 Å². The zero-order chi connectivity index (χ0) is 13.4. The number of ether oxygens (including phenoxy) is 2. The van der Waals surface area contributed by atoms with Crippen LogP contribution in [0.1, 0.15) is 18.5 Å². The summed E-state index contributed by atoms with van der Waals surface area (Å²) in [5, 5.41) is 0. The highest BCUT2D eigenvalue weighted by molar-refractivity contribution is 5.48. The van der Waals surface area contributed by atoms with Gasteiger partial charge in [-0.15, -0.1) is 0 Å². The van der Waals surface area contributed by atoms with Gasteiger partial charge < -0.3 is 20.1 Å². The molecule has 0 aromatic heterocycles. The van der Waals surface area contributed by atoms with Crippen LogP contribution in [0.3, 0.4) is 0 Å². The van der Waals surface area contributed by atoms with Crippen LogP contribution in [0.2, 0.25) is 0 Å². The third kappa shape index (κ3) is 4.64. The Morgan fingerprint density at radius 1 is 1.06 bits per heavy atom. The van der Waals surface area contributed by atoms with Gasteiger partial charge >= 0.3 is 0 Å². The lowest BCUT2D eigenvalue weighted by molar-refractivity contribution is 0.190. The number of anilines is 1. The van der Waals surface area contributed by atoms with Gasteiger partial charge in [-0.1, -0.05) is 12.1 Å². The minimum Gasteiger partial charge on any atom is -0.383 e. The first-order valence-electron chi connectivity index (χ1n) is 6.27. The smallest absolute Gasteiger partial charge is 0.0637 e. The van der Waals surface area contributed by atoms with E-state index in [1.807, 2.05) is 6.92 Å². The largest absolute Gasteiger partial charge is 0.383 e. The standard InChI is InChI=1S/C14H24N2O2/c1-12(15)13-4-6-14(7-5-13)16(8-10-17-2)9-11-18-3/h4-7,12H,8-11,15H2,1-3H3/t12-/m1/s1. The van der Waals surface area contributed by atoms with E-state index in [1.165, 1.54) is 5.69 Å². The Labute approximate surface area is 110 Å². The van der Waals surface area contributed by atoms with Crippen molar-refractivity contribution in [2.24, 2.45) is 5.73 Å². The van der Waals surface area contributed by atoms with Crippen LogP contribution >= 0.6 is 0 Å². The van der Waals surface area contributed by atoms with E-state index in [0.29, 0.717) is 13.2 Å². The Hall–Kier alpha value is -1.10. The predicted molar refractivity (Wildman–Crippen MR) is 75.0 cm³/mol. The molecule has 0 radical (unpaired) electrons. The van der Waals surface area contributed by atoms with Crippen molar-refractivity contribution in [3.05, 3.63) is 29.8 Å². The van der Waals surface area contributed by atoms with E-state index in [0.717, 1.165) is 18.7 Å². The van der Waals surface area contributed by atoms with Gasteiger partial charge in [-0.2, -0.15) is 0 Å². The van der Waals surface area contributed by atoms with E-state index in [1.54, 1.807) is 14.2 Å². The van der Waals surface area contributed by atoms with Crippen LogP contribution in [-0.4, -0.2) is 40.5 Å². The molecule has 4 nitrogen and oxygen atoms in total. The van der Waals surface area contributed by atoms with Crippen LogP contribution in [0.15, 0.2) is 24.3 Å². The number of benzene rings is 1. The molecule has 0 spiro atoms. The highest BCUT2D eigenvalue weighted by Crippen LogP contribution is 2.17. The molecule has 0 amide bonds. The summed E-state index contributed by atoms with van der Waals surface area (Å²) in [5.41, 5.74) is 8.17. The van der Waals surface area contributed by atoms with Crippen LogP contribution in [0.25, 0.3) is 0 Å². The summed E-state index contributed by atoms with van der Waals surface area (Å²) in [7, 11) is 3.43. The molecule has 0 aliphatic heterocycles. The fraction of sp³-hybridized carbons (Fsp3) is 0.571. The summed E-state index contributed by atoms with van der Waals surface area (Å²) < 4.78 is 10.3. The predicted octanol–water partition coefficient (Wildman–Crippen LogP) is 1.81. The average Bonchev–Trinajstić information content (AvgIpc) is 2.39. The third-order valence-electron chi connectivity index (χ3n) is 2.91. The van der Waals surface area contributed by atoms with Gasteiger partial charge in [-0.05, 0) is 24.6 Å². The van der Waals surface area contributed by atoms with Gasteiger partial charge in [0.05, 0.1) is 13.2 Å². The second-order valence-electron chi connectivity index (χ2n) is 4.35. The number of nitrogens with two attached hydrogens (primary N) is 1. The summed E-state index contributed by atoms with van der Waals surface area (Å²) in [6, 6.07) is 8.43. The van der Waals surface area contributed by atoms with E-state index < -0.39 is 0 Å². The lowest BCUT2D eigenvalue weighted by atomic mass is 10.1. The molecule has 18 heavy (non-hydrogen) atoms. The molecule has 1 atom stereocenters. The molecule has 0 fully saturated rings. The van der Waals surface area contributed by atoms with Crippen LogP contribution in [0.5, 0.6) is 0 Å². The van der Waals surface area contributed by atoms with Crippen molar-refractivity contribution in [2.45, 2.75) is 13.0 Å². The molecule has 0 bridgehead atoms. The zero-order valence-corrected chi connectivity index (χ0v) is 11.6. The quantitative estimate of drug-likeness (QED) is 0.766. The van der Waals surface area contributed by atoms with Crippen LogP contribution in [0.4, 0.5) is 5.69 Å². The molecule has 0 heterocycles. The lowest BCUT2D eigenvalue weighted by Crippen LogP contribution is -2.30. The first-order valence-corrected chi connectivity index (χ1v) is 6.27. The van der Waals surface area contributed by atoms with Crippen LogP contribution < -0.4 is 10.6 Å². The number of methoxy groups -OCH3 is 2. The number of hydrogen-bond acceptors (Lipinski definition) is 4. The maximum absolute atomic E-state index is 5.85. The molecule has 1 rings (SSSR count). The summed E-state index contributed by atoms with van der Waals surface area (Å²) >= 11 is 0. The van der Waals surface area contributed by atoms with Gasteiger partial charge in [0.2, 0.25) is 0 Å². The monoisotopic (exact) mass is 252 g/mol. The Morgan fingerprint density at radius 2 is 1.56 bits per heavy atom. The van der Waals surface area contributed by atoms with Gasteiger partial charge in [-0.3, -0.25) is 0 Å². The highest BCUT2D eigenvalue weighted by atomic mass is 16.5. The molecular formula is C14H24N2O2. The molecule has 0 saturated heterocycles. The minimum atomic E-state index is 0.0745. The number of hydrogen-bond donors (Lipinski definition) is 1. The molecule has 0 aliphatic rings. The maximum Gasteiger partial charge on any atom is 0.0637 e. The van der Waals surface area contributed by atoms with Crippen molar-refractivity contribution >= 4 is 5.69 Å². The normalized spacial score (nSPS) is 12.4. The molecule has 4 heteroatoms. The summed E-state index contributed by atoms with van der Waals surface area (Å²) in [5.74, 6) is 0. The zero-order valence-electron chi connectivity index (χ0n) is 11.6. The SMILES string of the molecule is COCCN(CCOC)c1ccc([C@@H](C)N)cc1. The van der Waals surface area contributed by atoms with Crippen molar-refractivity contribution in [1.82, 2.24) is 0 Å². The fourth-order valence-corrected chi connectivity index (χ4v) is 1.76. The fourth-order valence-electron chi connectivity index (χ4n) is 1.76. The van der Waals surface area contributed by atoms with E-state index in [9.17, 15) is 0 Å². The topological polar surface area (TPSA) is 47.7 Å². The average molecular weight is 252 g/mol. The molecule has 0 aliphatic carbocycles. The Kier molecular flexibility index (Phi) is 6.72. The minimum absolute atomic E-state index is 0.0745. The van der Waals surface area contributed by atoms with Gasteiger partial charge in [0.15, 0.2) is 0 Å². The van der Waals surface area contributed by atoms with Crippen LogP contribution in [-0.2, 0) is 9.47 Å². The lowest BCUT2D eigenvalue weighted by Gasteiger charge is -2.24. The first-order chi connectivity index (χ1) is 8.69. The Morgan fingerprint density at radius 3 is 1.94 bits per heavy atom. The van der Waals surface area contributed by atoms with Crippen molar-refractivity contribution in [2.75, 3.05) is 45.4 Å².